The molecule has 0 aliphatic heterocycles. The zero-order valence-corrected chi connectivity index (χ0v) is 14.4. The van der Waals surface area contributed by atoms with Gasteiger partial charge in [-0.05, 0) is 26.0 Å². The first-order valence-corrected chi connectivity index (χ1v) is 8.17. The molecule has 2 heterocycles. The number of amides is 1. The number of aromatic nitrogens is 3. The molecule has 0 bridgehead atoms. The molecule has 0 unspecified atom stereocenters. The molecule has 2 aromatic heterocycles. The molecule has 3 aromatic rings. The van der Waals surface area contributed by atoms with Crippen molar-refractivity contribution in [3.05, 3.63) is 36.2 Å². The van der Waals surface area contributed by atoms with Crippen molar-refractivity contribution in [3.8, 4) is 11.6 Å². The van der Waals surface area contributed by atoms with Crippen molar-refractivity contribution < 1.29 is 9.21 Å². The maximum absolute atomic E-state index is 12.3. The van der Waals surface area contributed by atoms with Gasteiger partial charge in [-0.15, -0.1) is 10.2 Å². The second-order valence-electron chi connectivity index (χ2n) is 6.50. The summed E-state index contributed by atoms with van der Waals surface area (Å²) in [6.07, 6.45) is 0. The van der Waals surface area contributed by atoms with Crippen molar-refractivity contribution in [2.75, 3.05) is 0 Å². The Kier molecular flexibility index (Phi) is 4.38. The van der Waals surface area contributed by atoms with E-state index in [0.29, 0.717) is 11.8 Å². The van der Waals surface area contributed by atoms with Crippen LogP contribution in [0.3, 0.4) is 0 Å². The number of fused-ring (bicyclic) bond motifs is 1. The van der Waals surface area contributed by atoms with Crippen molar-refractivity contribution in [2.24, 2.45) is 0 Å². The molecular weight excluding hydrogens is 304 g/mol. The Morgan fingerprint density at radius 1 is 1.21 bits per heavy atom. The minimum atomic E-state index is -0.0452. The Morgan fingerprint density at radius 3 is 2.62 bits per heavy atom. The highest BCUT2D eigenvalue weighted by molar-refractivity contribution is 5.88. The van der Waals surface area contributed by atoms with Gasteiger partial charge in [-0.3, -0.25) is 4.79 Å². The summed E-state index contributed by atoms with van der Waals surface area (Å²) in [5.74, 6) is 1.14. The average molecular weight is 326 g/mol. The fraction of sp³-hybridized carbons (Fsp3) is 0.389. The van der Waals surface area contributed by atoms with Crippen LogP contribution in [-0.4, -0.2) is 26.7 Å². The van der Waals surface area contributed by atoms with Crippen LogP contribution in [-0.2, 0) is 11.3 Å². The Labute approximate surface area is 140 Å². The van der Waals surface area contributed by atoms with Crippen LogP contribution in [0.5, 0.6) is 0 Å². The van der Waals surface area contributed by atoms with Crippen LogP contribution < -0.4 is 5.32 Å². The normalized spacial score (nSPS) is 11.6. The lowest BCUT2D eigenvalue weighted by Gasteiger charge is -2.11. The molecule has 6 nitrogen and oxygen atoms in total. The summed E-state index contributed by atoms with van der Waals surface area (Å²) < 4.78 is 7.71. The number of hydrogen-bond acceptors (Lipinski definition) is 4. The van der Waals surface area contributed by atoms with E-state index in [2.05, 4.69) is 15.5 Å². The fourth-order valence-electron chi connectivity index (χ4n) is 2.64. The summed E-state index contributed by atoms with van der Waals surface area (Å²) in [4.78, 5) is 12.3. The van der Waals surface area contributed by atoms with Gasteiger partial charge in [0, 0.05) is 22.9 Å². The number of hydrogen-bond donors (Lipinski definition) is 1. The van der Waals surface area contributed by atoms with Gasteiger partial charge in [0.25, 0.3) is 5.89 Å². The predicted molar refractivity (Wildman–Crippen MR) is 92.6 cm³/mol. The summed E-state index contributed by atoms with van der Waals surface area (Å²) in [5, 5.41) is 12.2. The van der Waals surface area contributed by atoms with Crippen LogP contribution in [0.1, 0.15) is 39.5 Å². The second kappa shape index (κ2) is 6.47. The van der Waals surface area contributed by atoms with Crippen molar-refractivity contribution >= 4 is 16.8 Å². The molecule has 3 rings (SSSR count). The number of benzene rings is 1. The minimum Gasteiger partial charge on any atom is -0.419 e. The quantitative estimate of drug-likeness (QED) is 0.780. The third-order valence-corrected chi connectivity index (χ3v) is 3.72. The molecule has 1 aromatic carbocycles. The first-order chi connectivity index (χ1) is 11.5. The number of rotatable bonds is 5. The Bertz CT molecular complexity index is 861. The van der Waals surface area contributed by atoms with Crippen LogP contribution in [0.25, 0.3) is 22.5 Å². The molecule has 1 N–H and O–H groups in total. The lowest BCUT2D eigenvalue weighted by molar-refractivity contribution is -0.122. The van der Waals surface area contributed by atoms with E-state index in [1.165, 1.54) is 0 Å². The summed E-state index contributed by atoms with van der Waals surface area (Å²) in [5.41, 5.74) is 1.73. The van der Waals surface area contributed by atoms with E-state index in [1.54, 1.807) is 0 Å². The predicted octanol–water partition coefficient (Wildman–Crippen LogP) is 3.34. The van der Waals surface area contributed by atoms with Crippen LogP contribution >= 0.6 is 0 Å². The van der Waals surface area contributed by atoms with Crippen molar-refractivity contribution in [1.29, 1.82) is 0 Å². The maximum atomic E-state index is 12.3. The molecule has 0 aliphatic carbocycles. The largest absolute Gasteiger partial charge is 0.419 e. The van der Waals surface area contributed by atoms with E-state index in [9.17, 15) is 4.79 Å². The summed E-state index contributed by atoms with van der Waals surface area (Å²) in [6, 6.07) is 10.00. The molecule has 24 heavy (non-hydrogen) atoms. The molecule has 0 aliphatic rings. The molecule has 0 atom stereocenters. The summed E-state index contributed by atoms with van der Waals surface area (Å²) >= 11 is 0. The first kappa shape index (κ1) is 16.2. The molecule has 0 saturated carbocycles. The Morgan fingerprint density at radius 2 is 1.96 bits per heavy atom. The lowest BCUT2D eigenvalue weighted by atomic mass is 10.2. The zero-order valence-electron chi connectivity index (χ0n) is 14.4. The van der Waals surface area contributed by atoms with Gasteiger partial charge < -0.3 is 14.3 Å². The molecule has 6 heteroatoms. The van der Waals surface area contributed by atoms with Gasteiger partial charge in [0.15, 0.2) is 0 Å². The molecule has 0 radical (unpaired) electrons. The number of carbonyl (C=O) groups is 1. The first-order valence-electron chi connectivity index (χ1n) is 8.17. The van der Waals surface area contributed by atoms with E-state index in [4.69, 9.17) is 4.42 Å². The van der Waals surface area contributed by atoms with Gasteiger partial charge in [0.2, 0.25) is 11.8 Å². The highest BCUT2D eigenvalue weighted by Gasteiger charge is 2.19. The van der Waals surface area contributed by atoms with E-state index >= 15 is 0 Å². The lowest BCUT2D eigenvalue weighted by Crippen LogP contribution is -2.33. The topological polar surface area (TPSA) is 73.0 Å². The maximum Gasteiger partial charge on any atom is 0.264 e. The van der Waals surface area contributed by atoms with E-state index < -0.39 is 0 Å². The summed E-state index contributed by atoms with van der Waals surface area (Å²) in [6.45, 7) is 8.10. The van der Waals surface area contributed by atoms with Crippen LogP contribution in [0.2, 0.25) is 0 Å². The monoisotopic (exact) mass is 326 g/mol. The SMILES string of the molecule is CC(C)NC(=O)Cn1c(-c2nnc(C(C)C)o2)cc2ccccc21. The van der Waals surface area contributed by atoms with Crippen molar-refractivity contribution in [2.45, 2.75) is 46.2 Å². The van der Waals surface area contributed by atoms with E-state index in [1.807, 2.05) is 62.6 Å². The number of para-hydroxylation sites is 1. The zero-order chi connectivity index (χ0) is 17.3. The smallest absolute Gasteiger partial charge is 0.264 e. The van der Waals surface area contributed by atoms with Crippen LogP contribution in [0.4, 0.5) is 0 Å². The highest BCUT2D eigenvalue weighted by Crippen LogP contribution is 2.28. The standard InChI is InChI=1S/C18H22N4O2/c1-11(2)17-20-21-18(24-17)15-9-13-7-5-6-8-14(13)22(15)10-16(23)19-12(3)4/h5-9,11-12H,10H2,1-4H3,(H,19,23). The van der Waals surface area contributed by atoms with Gasteiger partial charge >= 0.3 is 0 Å². The van der Waals surface area contributed by atoms with E-state index in [-0.39, 0.29) is 24.4 Å². The van der Waals surface area contributed by atoms with Gasteiger partial charge in [0.05, 0.1) is 0 Å². The van der Waals surface area contributed by atoms with Gasteiger partial charge in [-0.2, -0.15) is 0 Å². The number of carbonyl (C=O) groups excluding carboxylic acids is 1. The molecule has 0 fully saturated rings. The van der Waals surface area contributed by atoms with Crippen molar-refractivity contribution in [1.82, 2.24) is 20.1 Å². The molecular formula is C18H22N4O2. The minimum absolute atomic E-state index is 0.0452. The molecule has 0 spiro atoms. The number of nitrogens with one attached hydrogen (secondary N) is 1. The Hall–Kier alpha value is -2.63. The molecule has 1 amide bonds. The highest BCUT2D eigenvalue weighted by atomic mass is 16.4. The van der Waals surface area contributed by atoms with E-state index in [0.717, 1.165) is 16.6 Å². The average Bonchev–Trinajstić information content (AvgIpc) is 3.12. The van der Waals surface area contributed by atoms with Crippen molar-refractivity contribution in [3.63, 3.8) is 0 Å². The number of nitrogens with zero attached hydrogens (tertiary/aromatic N) is 3. The second-order valence-corrected chi connectivity index (χ2v) is 6.50. The third-order valence-electron chi connectivity index (χ3n) is 3.72. The van der Waals surface area contributed by atoms with Crippen LogP contribution in [0, 0.1) is 0 Å². The van der Waals surface area contributed by atoms with Gasteiger partial charge in [0.1, 0.15) is 12.2 Å². The molecule has 0 saturated heterocycles. The van der Waals surface area contributed by atoms with Gasteiger partial charge in [-0.25, -0.2) is 0 Å². The van der Waals surface area contributed by atoms with Crippen LogP contribution in [0.15, 0.2) is 34.7 Å². The third kappa shape index (κ3) is 3.18. The fourth-order valence-corrected chi connectivity index (χ4v) is 2.64. The molecule has 126 valence electrons. The summed E-state index contributed by atoms with van der Waals surface area (Å²) in [7, 11) is 0. The van der Waals surface area contributed by atoms with Gasteiger partial charge in [-0.1, -0.05) is 32.0 Å². The Balaban J connectivity index is 2.05.